The van der Waals surface area contributed by atoms with Crippen molar-refractivity contribution < 1.29 is 0 Å². The van der Waals surface area contributed by atoms with Crippen molar-refractivity contribution in [2.24, 2.45) is 0 Å². The molecule has 0 aliphatic carbocycles. The van der Waals surface area contributed by atoms with Crippen molar-refractivity contribution in [3.63, 3.8) is 0 Å². The number of para-hydroxylation sites is 1. The number of anilines is 1. The summed E-state index contributed by atoms with van der Waals surface area (Å²) in [5.74, 6) is 0. The molecule has 0 aliphatic heterocycles. The van der Waals surface area contributed by atoms with Crippen molar-refractivity contribution in [3.05, 3.63) is 65.7 Å². The van der Waals surface area contributed by atoms with E-state index in [4.69, 9.17) is 0 Å². The van der Waals surface area contributed by atoms with E-state index >= 15 is 0 Å². The smallest absolute Gasteiger partial charge is 0.0340 e. The van der Waals surface area contributed by atoms with E-state index in [1.54, 1.807) is 0 Å². The van der Waals surface area contributed by atoms with Gasteiger partial charge in [-0.3, -0.25) is 0 Å². The van der Waals surface area contributed by atoms with Crippen LogP contribution in [0.15, 0.2) is 54.6 Å². The third-order valence-corrected chi connectivity index (χ3v) is 4.09. The van der Waals surface area contributed by atoms with E-state index in [1.165, 1.54) is 55.3 Å². The van der Waals surface area contributed by atoms with Gasteiger partial charge in [-0.05, 0) is 48.9 Å². The molecule has 1 nitrogen and oxygen atoms in total. The van der Waals surface area contributed by atoms with Gasteiger partial charge in [0, 0.05) is 12.2 Å². The summed E-state index contributed by atoms with van der Waals surface area (Å²) in [6.07, 6.45) is 8.93. The number of aryl methyl sites for hydroxylation is 2. The maximum absolute atomic E-state index is 3.47. The van der Waals surface area contributed by atoms with Gasteiger partial charge in [0.15, 0.2) is 0 Å². The Morgan fingerprint density at radius 1 is 0.682 bits per heavy atom. The second-order valence-corrected chi connectivity index (χ2v) is 6.02. The van der Waals surface area contributed by atoms with Crippen molar-refractivity contribution in [1.29, 1.82) is 0 Å². The number of unbranched alkanes of at least 4 members (excludes halogenated alkanes) is 3. The van der Waals surface area contributed by atoms with E-state index in [-0.39, 0.29) is 0 Å². The molecule has 0 fully saturated rings. The van der Waals surface area contributed by atoms with Crippen molar-refractivity contribution >= 4 is 5.69 Å². The van der Waals surface area contributed by atoms with E-state index in [0.29, 0.717) is 0 Å². The summed E-state index contributed by atoms with van der Waals surface area (Å²) in [6, 6.07) is 19.7. The molecular formula is C21H29N. The van der Waals surface area contributed by atoms with Crippen LogP contribution in [0.4, 0.5) is 5.69 Å². The fourth-order valence-corrected chi connectivity index (χ4v) is 2.71. The Morgan fingerprint density at radius 2 is 1.32 bits per heavy atom. The van der Waals surface area contributed by atoms with Crippen LogP contribution in [0.25, 0.3) is 0 Å². The lowest BCUT2D eigenvalue weighted by Crippen LogP contribution is -2.02. The lowest BCUT2D eigenvalue weighted by Gasteiger charge is -2.07. The lowest BCUT2D eigenvalue weighted by atomic mass is 10.0. The average Bonchev–Trinajstić information content (AvgIpc) is 2.58. The Balaban J connectivity index is 1.63. The molecule has 0 heterocycles. The zero-order chi connectivity index (χ0) is 15.5. The highest BCUT2D eigenvalue weighted by Crippen LogP contribution is 2.11. The molecule has 22 heavy (non-hydrogen) atoms. The summed E-state index contributed by atoms with van der Waals surface area (Å²) in [4.78, 5) is 0. The van der Waals surface area contributed by atoms with Crippen LogP contribution in [0.2, 0.25) is 0 Å². The largest absolute Gasteiger partial charge is 0.385 e. The first-order valence-electron chi connectivity index (χ1n) is 8.75. The predicted molar refractivity (Wildman–Crippen MR) is 97.5 cm³/mol. The Bertz CT molecular complexity index is 501. The molecule has 1 N–H and O–H groups in total. The zero-order valence-electron chi connectivity index (χ0n) is 13.9. The number of nitrogens with one attached hydrogen (secondary N) is 1. The van der Waals surface area contributed by atoms with Gasteiger partial charge in [-0.25, -0.2) is 0 Å². The predicted octanol–water partition coefficient (Wildman–Crippen LogP) is 5.85. The summed E-state index contributed by atoms with van der Waals surface area (Å²) in [5, 5.41) is 3.47. The van der Waals surface area contributed by atoms with Gasteiger partial charge in [-0.2, -0.15) is 0 Å². The first-order chi connectivity index (χ1) is 10.9. The normalized spacial score (nSPS) is 10.6. The van der Waals surface area contributed by atoms with Gasteiger partial charge in [-0.1, -0.05) is 68.7 Å². The third-order valence-electron chi connectivity index (χ3n) is 4.09. The minimum Gasteiger partial charge on any atom is -0.385 e. The molecule has 2 aromatic rings. The van der Waals surface area contributed by atoms with Crippen LogP contribution in [0.3, 0.4) is 0 Å². The molecule has 0 aromatic heterocycles. The molecule has 2 aromatic carbocycles. The molecule has 0 saturated carbocycles. The average molecular weight is 295 g/mol. The van der Waals surface area contributed by atoms with Gasteiger partial charge in [-0.15, -0.1) is 0 Å². The quantitative estimate of drug-likeness (QED) is 0.542. The van der Waals surface area contributed by atoms with Crippen molar-refractivity contribution in [3.8, 4) is 0 Å². The summed E-state index contributed by atoms with van der Waals surface area (Å²) >= 11 is 0. The molecule has 0 bridgehead atoms. The number of hydrogen-bond donors (Lipinski definition) is 1. The van der Waals surface area contributed by atoms with Crippen molar-refractivity contribution in [2.75, 3.05) is 11.9 Å². The van der Waals surface area contributed by atoms with Gasteiger partial charge in [0.05, 0.1) is 0 Å². The monoisotopic (exact) mass is 295 g/mol. The van der Waals surface area contributed by atoms with Crippen molar-refractivity contribution in [2.45, 2.75) is 51.9 Å². The maximum Gasteiger partial charge on any atom is 0.0340 e. The first kappa shape index (κ1) is 16.6. The molecule has 0 spiro atoms. The van der Waals surface area contributed by atoms with Crippen LogP contribution < -0.4 is 5.32 Å². The highest BCUT2D eigenvalue weighted by atomic mass is 14.9. The van der Waals surface area contributed by atoms with E-state index in [2.05, 4.69) is 66.8 Å². The van der Waals surface area contributed by atoms with Crippen LogP contribution in [0.1, 0.15) is 50.2 Å². The van der Waals surface area contributed by atoms with E-state index in [1.807, 2.05) is 0 Å². The minimum absolute atomic E-state index is 1.03. The SMILES string of the molecule is CCCCCCc1ccc(CCCNc2ccccc2)cc1. The third kappa shape index (κ3) is 6.34. The molecule has 0 unspecified atom stereocenters. The number of hydrogen-bond acceptors (Lipinski definition) is 1. The van der Waals surface area contributed by atoms with E-state index in [0.717, 1.165) is 13.0 Å². The van der Waals surface area contributed by atoms with Gasteiger partial charge in [0.2, 0.25) is 0 Å². The van der Waals surface area contributed by atoms with E-state index < -0.39 is 0 Å². The second-order valence-electron chi connectivity index (χ2n) is 6.02. The Kier molecular flexibility index (Phi) is 7.59. The van der Waals surface area contributed by atoms with Gasteiger partial charge >= 0.3 is 0 Å². The maximum atomic E-state index is 3.47. The Labute approximate surface area is 135 Å². The molecule has 0 atom stereocenters. The zero-order valence-corrected chi connectivity index (χ0v) is 13.9. The van der Waals surface area contributed by atoms with Crippen LogP contribution in [0, 0.1) is 0 Å². The summed E-state index contributed by atoms with van der Waals surface area (Å²) < 4.78 is 0. The molecular weight excluding hydrogens is 266 g/mol. The highest BCUT2D eigenvalue weighted by molar-refractivity contribution is 5.42. The summed E-state index contributed by atoms with van der Waals surface area (Å²) in [6.45, 7) is 3.30. The number of rotatable bonds is 10. The van der Waals surface area contributed by atoms with Gasteiger partial charge < -0.3 is 5.32 Å². The molecule has 2 rings (SSSR count). The van der Waals surface area contributed by atoms with Crippen LogP contribution in [-0.4, -0.2) is 6.54 Å². The summed E-state index contributed by atoms with van der Waals surface area (Å²) in [5.41, 5.74) is 4.15. The molecule has 0 saturated heterocycles. The molecule has 0 radical (unpaired) electrons. The van der Waals surface area contributed by atoms with Gasteiger partial charge in [0.25, 0.3) is 0 Å². The molecule has 118 valence electrons. The number of benzene rings is 2. The molecule has 1 heteroatoms. The highest BCUT2D eigenvalue weighted by Gasteiger charge is 1.97. The minimum atomic E-state index is 1.03. The Morgan fingerprint density at radius 3 is 1.95 bits per heavy atom. The first-order valence-corrected chi connectivity index (χ1v) is 8.75. The Hall–Kier alpha value is -1.76. The topological polar surface area (TPSA) is 12.0 Å². The fourth-order valence-electron chi connectivity index (χ4n) is 2.71. The molecule has 0 amide bonds. The van der Waals surface area contributed by atoms with Crippen molar-refractivity contribution in [1.82, 2.24) is 0 Å². The lowest BCUT2D eigenvalue weighted by molar-refractivity contribution is 0.667. The molecule has 0 aliphatic rings. The fraction of sp³-hybridized carbons (Fsp3) is 0.429. The van der Waals surface area contributed by atoms with Crippen LogP contribution in [-0.2, 0) is 12.8 Å². The van der Waals surface area contributed by atoms with E-state index in [9.17, 15) is 0 Å². The summed E-state index contributed by atoms with van der Waals surface area (Å²) in [7, 11) is 0. The second kappa shape index (κ2) is 10.0. The van der Waals surface area contributed by atoms with Crippen LogP contribution >= 0.6 is 0 Å². The van der Waals surface area contributed by atoms with Gasteiger partial charge in [0.1, 0.15) is 0 Å². The van der Waals surface area contributed by atoms with Crippen LogP contribution in [0.5, 0.6) is 0 Å². The standard InChI is InChI=1S/C21H29N/c1-2-3-4-6-10-19-14-16-20(17-15-19)11-9-18-22-21-12-7-5-8-13-21/h5,7-8,12-17,22H,2-4,6,9-11,18H2,1H3.